The summed E-state index contributed by atoms with van der Waals surface area (Å²) >= 11 is 0. The van der Waals surface area contributed by atoms with Gasteiger partial charge in [-0.15, -0.1) is 0 Å². The average Bonchev–Trinajstić information content (AvgIpc) is 4.05. The van der Waals surface area contributed by atoms with Crippen molar-refractivity contribution < 1.29 is 0 Å². The maximum Gasteiger partial charge on any atom is 0.237 e. The summed E-state index contributed by atoms with van der Waals surface area (Å²) in [5, 5.41) is 16.6. The van der Waals surface area contributed by atoms with Gasteiger partial charge in [-0.1, -0.05) is 182 Å². The second-order valence-electron chi connectivity index (χ2n) is 17.7. The average molecular weight is 881 g/mol. The fraction of sp³-hybridized carbons (Fsp3) is 0. The highest BCUT2D eigenvalue weighted by atomic mass is 15.2. The van der Waals surface area contributed by atoms with E-state index in [9.17, 15) is 5.41 Å². The quantitative estimate of drug-likeness (QED) is 0.133. The van der Waals surface area contributed by atoms with Gasteiger partial charge in [-0.3, -0.25) is 14.5 Å². The van der Waals surface area contributed by atoms with Crippen LogP contribution in [-0.2, 0) is 0 Å². The zero-order valence-corrected chi connectivity index (χ0v) is 37.3. The van der Waals surface area contributed by atoms with Crippen molar-refractivity contribution in [3.05, 3.63) is 236 Å². The number of rotatable bonds is 2. The lowest BCUT2D eigenvalue weighted by molar-refractivity contribution is 1.15. The fourth-order valence-corrected chi connectivity index (χ4v) is 11.1. The largest absolute Gasteiger partial charge is 0.309 e. The van der Waals surface area contributed by atoms with E-state index in [1.165, 1.54) is 33.0 Å². The third-order valence-corrected chi connectivity index (χ3v) is 14.0. The van der Waals surface area contributed by atoms with Crippen molar-refractivity contribution in [3.63, 3.8) is 0 Å². The van der Waals surface area contributed by atoms with Crippen LogP contribution < -0.4 is 0 Å². The summed E-state index contributed by atoms with van der Waals surface area (Å²) in [7, 11) is 0. The third kappa shape index (κ3) is 5.89. The summed E-state index contributed by atoms with van der Waals surface area (Å²) in [4.78, 5) is 10.8. The SMILES string of the molecule is N=C(/N=C(\N=C\c1cc2c(cc1-n1c3ccccc3c3ccccc31)-c1ccccc1-c1ccccc1-c1ccccc1-2)n1c2ccccc2c2ccccc21)n1c2ccccc2c2ccccc21. The van der Waals surface area contributed by atoms with Crippen molar-refractivity contribution in [1.29, 1.82) is 5.41 Å². The van der Waals surface area contributed by atoms with Crippen LogP contribution in [0.4, 0.5) is 0 Å². The minimum Gasteiger partial charge on any atom is -0.309 e. The summed E-state index contributed by atoms with van der Waals surface area (Å²) in [5.41, 5.74) is 17.1. The van der Waals surface area contributed by atoms with Gasteiger partial charge in [0.05, 0.1) is 38.8 Å². The standard InChI is InChI=1S/C63H40N6/c64-62(68-57-33-15-9-27-49(57)50-28-10-16-34-58(50)68)66-63(69-59-35-17-11-29-51(59)52-30-12-18-36-60(52)69)65-39-40-37-53-45-23-5-3-21-43(45)41-19-1-2-20-42(41)44-22-4-6-24-46(44)54(53)38-61(40)67-55-31-13-7-25-47(55)48-26-8-14-32-56(48)67/h1-39,64H/b43-41?,44-42?,53-45?,54-46?,64-62?,65-39+,66-63+. The molecule has 1 N–H and O–H groups in total. The van der Waals surface area contributed by atoms with Crippen molar-refractivity contribution in [2.75, 3.05) is 0 Å². The Kier molecular flexibility index (Phi) is 8.63. The van der Waals surface area contributed by atoms with E-state index >= 15 is 0 Å². The number of aliphatic imine (C=N–C) groups is 2. The summed E-state index contributed by atoms with van der Waals surface area (Å²) in [6.45, 7) is 0. The highest BCUT2D eigenvalue weighted by Gasteiger charge is 2.25. The van der Waals surface area contributed by atoms with Crippen LogP contribution >= 0.6 is 0 Å². The van der Waals surface area contributed by atoms with Gasteiger partial charge >= 0.3 is 0 Å². The van der Waals surface area contributed by atoms with Crippen molar-refractivity contribution in [3.8, 4) is 50.2 Å². The van der Waals surface area contributed by atoms with Crippen molar-refractivity contribution in [2.45, 2.75) is 0 Å². The smallest absolute Gasteiger partial charge is 0.237 e. The number of hydrogen-bond acceptors (Lipinski definition) is 1. The first-order valence-corrected chi connectivity index (χ1v) is 23.3. The molecular formula is C63H40N6. The maximum atomic E-state index is 9.94. The van der Waals surface area contributed by atoms with Crippen LogP contribution in [0.2, 0.25) is 0 Å². The number of hydrogen-bond donors (Lipinski definition) is 1. The van der Waals surface area contributed by atoms with Crippen LogP contribution in [-0.4, -0.2) is 31.8 Å². The van der Waals surface area contributed by atoms with Crippen LogP contribution in [0.3, 0.4) is 0 Å². The molecule has 10 aromatic carbocycles. The predicted molar refractivity (Wildman–Crippen MR) is 289 cm³/mol. The molecule has 322 valence electrons. The number of nitrogens with zero attached hydrogens (tertiary/aromatic N) is 5. The van der Waals surface area contributed by atoms with E-state index in [0.717, 1.165) is 88.1 Å². The molecule has 0 atom stereocenters. The number of fused-ring (bicyclic) bond motifs is 17. The summed E-state index contributed by atoms with van der Waals surface area (Å²) < 4.78 is 6.44. The number of nitrogens with one attached hydrogen (secondary N) is 1. The van der Waals surface area contributed by atoms with Crippen LogP contribution in [0.25, 0.3) is 116 Å². The first kappa shape index (κ1) is 38.8. The molecule has 0 fully saturated rings. The molecule has 0 saturated heterocycles. The highest BCUT2D eigenvalue weighted by Crippen LogP contribution is 2.49. The molecule has 13 aromatic rings. The lowest BCUT2D eigenvalue weighted by atomic mass is 9.80. The first-order valence-electron chi connectivity index (χ1n) is 23.3. The molecule has 0 unspecified atom stereocenters. The summed E-state index contributed by atoms with van der Waals surface area (Å²) in [5.74, 6) is 0.435. The van der Waals surface area contributed by atoms with Gasteiger partial charge in [0.1, 0.15) is 0 Å². The van der Waals surface area contributed by atoms with Crippen molar-refractivity contribution in [1.82, 2.24) is 13.7 Å². The Morgan fingerprint density at radius 3 is 1.04 bits per heavy atom. The van der Waals surface area contributed by atoms with Gasteiger partial charge in [-0.05, 0) is 93.0 Å². The molecule has 1 aliphatic rings. The van der Waals surface area contributed by atoms with Crippen LogP contribution in [0.1, 0.15) is 5.56 Å². The first-order chi connectivity index (χ1) is 34.2. The molecule has 0 aliphatic heterocycles. The molecule has 1 aliphatic carbocycles. The highest BCUT2D eigenvalue weighted by molar-refractivity contribution is 6.19. The van der Waals surface area contributed by atoms with Gasteiger partial charge < -0.3 is 4.57 Å². The van der Waals surface area contributed by atoms with Crippen LogP contribution in [0.15, 0.2) is 241 Å². The van der Waals surface area contributed by atoms with Crippen LogP contribution in [0.5, 0.6) is 0 Å². The fourth-order valence-electron chi connectivity index (χ4n) is 11.1. The molecular weight excluding hydrogens is 841 g/mol. The topological polar surface area (TPSA) is 63.4 Å². The Hall–Kier alpha value is -9.39. The number of aromatic nitrogens is 3. The predicted octanol–water partition coefficient (Wildman–Crippen LogP) is 15.8. The number of para-hydroxylation sites is 6. The van der Waals surface area contributed by atoms with Crippen LogP contribution in [0, 0.1) is 5.41 Å². The molecule has 0 spiro atoms. The zero-order valence-electron chi connectivity index (χ0n) is 37.3. The van der Waals surface area contributed by atoms with E-state index in [-0.39, 0.29) is 5.96 Å². The zero-order chi connectivity index (χ0) is 45.6. The van der Waals surface area contributed by atoms with Gasteiger partial charge in [-0.2, -0.15) is 4.99 Å². The van der Waals surface area contributed by atoms with E-state index in [2.05, 4.69) is 215 Å². The summed E-state index contributed by atoms with van der Waals surface area (Å²) in [6, 6.07) is 81.6. The molecule has 14 rings (SSSR count). The Morgan fingerprint density at radius 1 is 0.333 bits per heavy atom. The second-order valence-corrected chi connectivity index (χ2v) is 17.7. The van der Waals surface area contributed by atoms with Gasteiger partial charge in [0, 0.05) is 44.1 Å². The monoisotopic (exact) mass is 880 g/mol. The normalized spacial score (nSPS) is 12.4. The lowest BCUT2D eigenvalue weighted by Crippen LogP contribution is -2.16. The molecule has 0 amide bonds. The Balaban J connectivity index is 1.08. The van der Waals surface area contributed by atoms with Gasteiger partial charge in [-0.25, -0.2) is 4.99 Å². The lowest BCUT2D eigenvalue weighted by Gasteiger charge is -2.25. The van der Waals surface area contributed by atoms with Gasteiger partial charge in [0.2, 0.25) is 11.9 Å². The maximum absolute atomic E-state index is 9.94. The van der Waals surface area contributed by atoms with E-state index in [0.29, 0.717) is 5.96 Å². The molecule has 0 saturated carbocycles. The van der Waals surface area contributed by atoms with Crippen molar-refractivity contribution >= 4 is 83.6 Å². The Morgan fingerprint density at radius 2 is 0.638 bits per heavy atom. The van der Waals surface area contributed by atoms with E-state index in [1.54, 1.807) is 0 Å². The Labute approximate surface area is 397 Å². The van der Waals surface area contributed by atoms with Gasteiger partial charge in [0.25, 0.3) is 0 Å². The third-order valence-electron chi connectivity index (χ3n) is 14.0. The molecule has 3 aromatic heterocycles. The molecule has 0 radical (unpaired) electrons. The molecule has 6 nitrogen and oxygen atoms in total. The summed E-state index contributed by atoms with van der Waals surface area (Å²) in [6.07, 6.45) is 1.97. The Bertz CT molecular complexity index is 4190. The van der Waals surface area contributed by atoms with E-state index in [1.807, 2.05) is 35.0 Å². The minimum atomic E-state index is 0.0615. The minimum absolute atomic E-state index is 0.0615. The second kappa shape index (κ2) is 15.3. The van der Waals surface area contributed by atoms with Gasteiger partial charge in [0.15, 0.2) is 0 Å². The number of benzene rings is 10. The van der Waals surface area contributed by atoms with Crippen molar-refractivity contribution in [2.24, 2.45) is 9.98 Å². The molecule has 6 heteroatoms. The molecule has 3 heterocycles. The van der Waals surface area contributed by atoms with E-state index < -0.39 is 0 Å². The molecule has 0 bridgehead atoms. The van der Waals surface area contributed by atoms with E-state index in [4.69, 9.17) is 9.98 Å². The molecule has 69 heavy (non-hydrogen) atoms.